The summed E-state index contributed by atoms with van der Waals surface area (Å²) in [6, 6.07) is 41.2. The van der Waals surface area contributed by atoms with Gasteiger partial charge in [0.1, 0.15) is 11.5 Å². The lowest BCUT2D eigenvalue weighted by Gasteiger charge is -2.26. The first-order valence-corrected chi connectivity index (χ1v) is 16.9. The molecule has 0 aromatic heterocycles. The van der Waals surface area contributed by atoms with Crippen molar-refractivity contribution >= 4 is 0 Å². The molecule has 7 rings (SSSR count). The topological polar surface area (TPSA) is 36.9 Å². The molecule has 0 N–H and O–H groups in total. The molecule has 5 aromatic carbocycles. The van der Waals surface area contributed by atoms with Crippen LogP contribution in [-0.4, -0.2) is 25.8 Å². The average molecular weight is 631 g/mol. The monoisotopic (exact) mass is 630 g/mol. The van der Waals surface area contributed by atoms with Gasteiger partial charge in [-0.15, -0.1) is 0 Å². The smallest absolute Gasteiger partial charge is 0.199 e. The summed E-state index contributed by atoms with van der Waals surface area (Å²) in [7, 11) is 0. The van der Waals surface area contributed by atoms with Crippen LogP contribution in [-0.2, 0) is 9.47 Å². The maximum absolute atomic E-state index is 6.47. The largest absolute Gasteiger partial charge is 0.464 e. The quantitative estimate of drug-likeness (QED) is 0.175. The zero-order chi connectivity index (χ0) is 32.4. The molecule has 0 bridgehead atoms. The molecule has 5 aromatic rings. The summed E-state index contributed by atoms with van der Waals surface area (Å²) < 4.78 is 24.9. The molecular weight excluding hydrogens is 592 g/mol. The van der Waals surface area contributed by atoms with E-state index in [4.69, 9.17) is 18.9 Å². The molecule has 4 nitrogen and oxygen atoms in total. The van der Waals surface area contributed by atoms with Gasteiger partial charge in [-0.1, -0.05) is 109 Å². The molecule has 2 fully saturated rings. The van der Waals surface area contributed by atoms with Gasteiger partial charge in [-0.3, -0.25) is 0 Å². The van der Waals surface area contributed by atoms with Crippen LogP contribution in [0.15, 0.2) is 121 Å². The maximum Gasteiger partial charge on any atom is 0.199 e. The van der Waals surface area contributed by atoms with Crippen LogP contribution in [0, 0.1) is 23.7 Å². The Balaban J connectivity index is 1.23. The van der Waals surface area contributed by atoms with E-state index in [9.17, 15) is 0 Å². The molecule has 0 saturated carbocycles. The van der Waals surface area contributed by atoms with E-state index in [1.54, 1.807) is 0 Å². The minimum absolute atomic E-state index is 0.329. The predicted molar refractivity (Wildman–Crippen MR) is 191 cm³/mol. The lowest BCUT2D eigenvalue weighted by Crippen LogP contribution is -2.26. The molecule has 0 aliphatic carbocycles. The summed E-state index contributed by atoms with van der Waals surface area (Å²) in [5, 5.41) is 0. The highest BCUT2D eigenvalue weighted by molar-refractivity contribution is 5.66. The van der Waals surface area contributed by atoms with Gasteiger partial charge in [-0.05, 0) is 72.2 Å². The van der Waals surface area contributed by atoms with Crippen molar-refractivity contribution in [3.05, 3.63) is 144 Å². The van der Waals surface area contributed by atoms with Crippen molar-refractivity contribution in [2.75, 3.05) is 13.2 Å². The molecule has 2 atom stereocenters. The molecule has 2 aliphatic rings. The summed E-state index contributed by atoms with van der Waals surface area (Å²) in [5.41, 5.74) is 7.93. The maximum atomic E-state index is 6.47. The van der Waals surface area contributed by atoms with Crippen LogP contribution >= 0.6 is 0 Å². The van der Waals surface area contributed by atoms with Crippen LogP contribution in [0.1, 0.15) is 60.8 Å². The van der Waals surface area contributed by atoms with Crippen molar-refractivity contribution in [2.24, 2.45) is 0 Å². The molecule has 0 radical (unpaired) electrons. The Morgan fingerprint density at radius 3 is 1.21 bits per heavy atom. The van der Waals surface area contributed by atoms with E-state index in [1.807, 2.05) is 48.5 Å². The van der Waals surface area contributed by atoms with Gasteiger partial charge in [0.25, 0.3) is 0 Å². The number of ether oxygens (including phenoxy) is 4. The van der Waals surface area contributed by atoms with Crippen LogP contribution in [0.4, 0.5) is 0 Å². The SMILES string of the molecule is C(#Cc1cc(OC2CCCCO2)c(C#Cc2ccc(-c3ccccc3)cc2)cc1OC1CCCCO1)c1ccc(-c2ccccc2)cc1. The third-order valence-corrected chi connectivity index (χ3v) is 8.54. The minimum Gasteiger partial charge on any atom is -0.464 e. The van der Waals surface area contributed by atoms with E-state index in [1.165, 1.54) is 11.1 Å². The normalized spacial score (nSPS) is 17.2. The molecular formula is C44H38O4. The fraction of sp³-hybridized carbons (Fsp3) is 0.227. The van der Waals surface area contributed by atoms with Gasteiger partial charge in [0.05, 0.1) is 24.3 Å². The van der Waals surface area contributed by atoms with E-state index >= 15 is 0 Å². The number of benzene rings is 5. The lowest BCUT2D eigenvalue weighted by atomic mass is 10.0. The molecule has 238 valence electrons. The highest BCUT2D eigenvalue weighted by Crippen LogP contribution is 2.32. The van der Waals surface area contributed by atoms with Gasteiger partial charge >= 0.3 is 0 Å². The van der Waals surface area contributed by atoms with E-state index in [0.717, 1.165) is 71.9 Å². The summed E-state index contributed by atoms with van der Waals surface area (Å²) in [5.74, 6) is 14.7. The van der Waals surface area contributed by atoms with Crippen LogP contribution in [0.3, 0.4) is 0 Å². The summed E-state index contributed by atoms with van der Waals surface area (Å²) >= 11 is 0. The summed E-state index contributed by atoms with van der Waals surface area (Å²) in [6.07, 6.45) is 5.21. The Labute approximate surface area is 283 Å². The highest BCUT2D eigenvalue weighted by atomic mass is 16.7. The van der Waals surface area contributed by atoms with Gasteiger partial charge in [0.2, 0.25) is 0 Å². The minimum atomic E-state index is -0.329. The number of hydrogen-bond donors (Lipinski definition) is 0. The zero-order valence-corrected chi connectivity index (χ0v) is 27.0. The second-order valence-corrected chi connectivity index (χ2v) is 12.1. The van der Waals surface area contributed by atoms with Gasteiger partial charge in [-0.25, -0.2) is 0 Å². The first kappa shape index (κ1) is 31.3. The average Bonchev–Trinajstić information content (AvgIpc) is 3.16. The molecule has 48 heavy (non-hydrogen) atoms. The van der Waals surface area contributed by atoms with Crippen molar-refractivity contribution in [2.45, 2.75) is 51.1 Å². The fourth-order valence-corrected chi connectivity index (χ4v) is 5.87. The molecule has 2 heterocycles. The van der Waals surface area contributed by atoms with E-state index in [0.29, 0.717) is 24.7 Å². The fourth-order valence-electron chi connectivity index (χ4n) is 5.87. The van der Waals surface area contributed by atoms with Gasteiger partial charge in [0.15, 0.2) is 12.6 Å². The summed E-state index contributed by atoms with van der Waals surface area (Å²) in [4.78, 5) is 0. The number of rotatable bonds is 6. The van der Waals surface area contributed by atoms with Crippen LogP contribution in [0.25, 0.3) is 22.3 Å². The first-order chi connectivity index (χ1) is 23.8. The van der Waals surface area contributed by atoms with Crippen LogP contribution in [0.2, 0.25) is 0 Å². The van der Waals surface area contributed by atoms with Crippen molar-refractivity contribution in [3.8, 4) is 57.4 Å². The van der Waals surface area contributed by atoms with E-state index in [2.05, 4.69) is 96.5 Å². The number of hydrogen-bond acceptors (Lipinski definition) is 4. The second kappa shape index (κ2) is 15.6. The molecule has 2 saturated heterocycles. The Bertz CT molecular complexity index is 1770. The molecule has 2 aliphatic heterocycles. The van der Waals surface area contributed by atoms with E-state index in [-0.39, 0.29) is 12.6 Å². The van der Waals surface area contributed by atoms with Crippen LogP contribution < -0.4 is 9.47 Å². The standard InChI is InChI=1S/C44H38O4/c1-3-11-35(12-4-1)37-23-17-33(18-24-37)21-27-39-31-42(48-44-16-8-10-30-46-44)40(32-41(39)47-43-15-7-9-29-45-43)28-22-34-19-25-38(26-20-34)36-13-5-2-6-14-36/h1-6,11-14,17-20,23-26,31-32,43-44H,7-10,15-16,29-30H2. The first-order valence-electron chi connectivity index (χ1n) is 16.9. The lowest BCUT2D eigenvalue weighted by molar-refractivity contribution is -0.107. The van der Waals surface area contributed by atoms with Crippen molar-refractivity contribution in [1.82, 2.24) is 0 Å². The van der Waals surface area contributed by atoms with Gasteiger partial charge in [0, 0.05) is 36.1 Å². The van der Waals surface area contributed by atoms with Crippen molar-refractivity contribution < 1.29 is 18.9 Å². The summed E-state index contributed by atoms with van der Waals surface area (Å²) in [6.45, 7) is 1.37. The second-order valence-electron chi connectivity index (χ2n) is 12.1. The van der Waals surface area contributed by atoms with Gasteiger partial charge < -0.3 is 18.9 Å². The van der Waals surface area contributed by atoms with Gasteiger partial charge in [-0.2, -0.15) is 0 Å². The predicted octanol–water partition coefficient (Wildman–Crippen LogP) is 9.63. The van der Waals surface area contributed by atoms with Crippen molar-refractivity contribution in [3.63, 3.8) is 0 Å². The third kappa shape index (κ3) is 8.17. The Hall–Kier alpha value is -5.26. The van der Waals surface area contributed by atoms with Crippen molar-refractivity contribution in [1.29, 1.82) is 0 Å². The Kier molecular flexibility index (Phi) is 10.2. The molecule has 4 heteroatoms. The Morgan fingerprint density at radius 1 is 0.438 bits per heavy atom. The Morgan fingerprint density at radius 2 is 0.833 bits per heavy atom. The third-order valence-electron chi connectivity index (χ3n) is 8.54. The molecule has 0 amide bonds. The zero-order valence-electron chi connectivity index (χ0n) is 27.0. The highest BCUT2D eigenvalue weighted by Gasteiger charge is 2.21. The molecule has 2 unspecified atom stereocenters. The molecule has 0 spiro atoms. The van der Waals surface area contributed by atoms with Crippen LogP contribution in [0.5, 0.6) is 11.5 Å². The van der Waals surface area contributed by atoms with E-state index < -0.39 is 0 Å².